The van der Waals surface area contributed by atoms with Gasteiger partial charge in [-0.15, -0.1) is 0 Å². The van der Waals surface area contributed by atoms with E-state index < -0.39 is 0 Å². The summed E-state index contributed by atoms with van der Waals surface area (Å²) in [7, 11) is 0. The number of aromatic nitrogens is 2. The molecule has 152 valence electrons. The maximum atomic E-state index is 6.34. The molecular weight excluding hydrogens is 462 g/mol. The number of fused-ring (bicyclic) bond motifs is 1. The molecule has 0 saturated carbocycles. The van der Waals surface area contributed by atoms with E-state index in [1.54, 1.807) is 6.20 Å². The summed E-state index contributed by atoms with van der Waals surface area (Å²) in [4.78, 5) is 9.09. The number of rotatable bonds is 7. The van der Waals surface area contributed by atoms with Gasteiger partial charge in [-0.25, -0.2) is 9.97 Å². The first-order valence-corrected chi connectivity index (χ1v) is 11.0. The van der Waals surface area contributed by atoms with E-state index in [9.17, 15) is 0 Å². The lowest BCUT2D eigenvalue weighted by molar-refractivity contribution is 0.306. The van der Waals surface area contributed by atoms with Crippen molar-refractivity contribution in [1.29, 1.82) is 0 Å². The Hall–Kier alpha value is -2.63. The quantitative estimate of drug-likeness (QED) is 0.300. The van der Waals surface area contributed by atoms with Gasteiger partial charge in [0.1, 0.15) is 12.4 Å². The van der Waals surface area contributed by atoms with Gasteiger partial charge in [0.2, 0.25) is 0 Å². The van der Waals surface area contributed by atoms with Crippen LogP contribution in [0.25, 0.3) is 11.0 Å². The predicted octanol–water partition coefficient (Wildman–Crippen LogP) is 7.32. The number of benzene rings is 2. The van der Waals surface area contributed by atoms with E-state index >= 15 is 0 Å². The zero-order valence-electron chi connectivity index (χ0n) is 16.5. The van der Waals surface area contributed by atoms with Crippen molar-refractivity contribution >= 4 is 49.9 Å². The summed E-state index contributed by atoms with van der Waals surface area (Å²) in [6.45, 7) is 2.61. The van der Waals surface area contributed by atoms with Gasteiger partial charge in [-0.3, -0.25) is 0 Å². The third-order valence-corrected chi connectivity index (χ3v) is 5.38. The highest BCUT2D eigenvalue weighted by molar-refractivity contribution is 9.10. The minimum Gasteiger partial charge on any atom is -0.489 e. The summed E-state index contributed by atoms with van der Waals surface area (Å²) in [5, 5.41) is 5.01. The number of halogens is 2. The van der Waals surface area contributed by atoms with Crippen LogP contribution in [-0.2, 0) is 13.0 Å². The molecule has 2 aromatic heterocycles. The van der Waals surface area contributed by atoms with Crippen LogP contribution in [0, 0.1) is 0 Å². The third kappa shape index (κ3) is 5.10. The molecule has 0 radical (unpaired) electrons. The Morgan fingerprint density at radius 2 is 1.87 bits per heavy atom. The Balaban J connectivity index is 1.55. The summed E-state index contributed by atoms with van der Waals surface area (Å²) in [5.74, 6) is 0.703. The van der Waals surface area contributed by atoms with Crippen molar-refractivity contribution in [1.82, 2.24) is 9.97 Å². The third-order valence-electron chi connectivity index (χ3n) is 4.64. The van der Waals surface area contributed by atoms with Crippen molar-refractivity contribution < 1.29 is 4.74 Å². The van der Waals surface area contributed by atoms with Crippen LogP contribution in [0.15, 0.2) is 71.3 Å². The Kier molecular flexibility index (Phi) is 6.50. The molecule has 2 heterocycles. The molecule has 0 aliphatic rings. The van der Waals surface area contributed by atoms with Crippen LogP contribution in [0.3, 0.4) is 0 Å². The van der Waals surface area contributed by atoms with Crippen molar-refractivity contribution in [3.63, 3.8) is 0 Å². The van der Waals surface area contributed by atoms with Crippen molar-refractivity contribution in [2.75, 3.05) is 5.32 Å². The molecule has 0 unspecified atom stereocenters. The lowest BCUT2D eigenvalue weighted by atomic mass is 10.2. The predicted molar refractivity (Wildman–Crippen MR) is 127 cm³/mol. The van der Waals surface area contributed by atoms with Gasteiger partial charge in [-0.05, 0) is 54.4 Å². The molecule has 2 aromatic carbocycles. The molecule has 4 aromatic rings. The number of anilines is 2. The molecule has 4 rings (SSSR count). The standard InChI is InChI=1S/C24H21BrClN3O/c1-2-3-19-8-9-22-23(10-11-27-24(22)29-19)28-20-12-18(26)13-21(14-20)30-15-16-4-6-17(25)7-5-16/h4-14H,2-3,15H2,1H3,(H,27,28,29). The first-order valence-electron chi connectivity index (χ1n) is 9.80. The van der Waals surface area contributed by atoms with Gasteiger partial charge in [0.25, 0.3) is 0 Å². The van der Waals surface area contributed by atoms with E-state index in [1.807, 2.05) is 48.5 Å². The molecule has 0 amide bonds. The van der Waals surface area contributed by atoms with Crippen LogP contribution >= 0.6 is 27.5 Å². The zero-order valence-corrected chi connectivity index (χ0v) is 18.9. The van der Waals surface area contributed by atoms with Crippen molar-refractivity contribution in [2.45, 2.75) is 26.4 Å². The van der Waals surface area contributed by atoms with Crippen LogP contribution in [0.2, 0.25) is 5.02 Å². The Morgan fingerprint density at radius 1 is 1.03 bits per heavy atom. The van der Waals surface area contributed by atoms with Crippen molar-refractivity contribution in [2.24, 2.45) is 0 Å². The zero-order chi connectivity index (χ0) is 20.9. The number of ether oxygens (including phenoxy) is 1. The first kappa shape index (κ1) is 20.6. The molecule has 0 spiro atoms. The second-order valence-corrected chi connectivity index (χ2v) is 8.35. The fourth-order valence-corrected chi connectivity index (χ4v) is 3.68. The summed E-state index contributed by atoms with van der Waals surface area (Å²) in [6, 6.07) is 19.7. The number of aryl methyl sites for hydroxylation is 1. The maximum Gasteiger partial charge on any atom is 0.161 e. The van der Waals surface area contributed by atoms with E-state index in [4.69, 9.17) is 16.3 Å². The SMILES string of the molecule is CCCc1ccc2c(Nc3cc(Cl)cc(OCc4ccc(Br)cc4)c3)ccnc2n1. The maximum absolute atomic E-state index is 6.34. The van der Waals surface area contributed by atoms with Crippen LogP contribution < -0.4 is 10.1 Å². The molecule has 0 saturated heterocycles. The second-order valence-electron chi connectivity index (χ2n) is 7.00. The summed E-state index contributed by atoms with van der Waals surface area (Å²) >= 11 is 9.79. The first-order chi connectivity index (χ1) is 14.6. The minimum absolute atomic E-state index is 0.468. The van der Waals surface area contributed by atoms with Gasteiger partial charge in [-0.2, -0.15) is 0 Å². The van der Waals surface area contributed by atoms with E-state index in [0.29, 0.717) is 17.4 Å². The molecule has 0 atom stereocenters. The molecule has 0 bridgehead atoms. The Bertz CT molecular complexity index is 1160. The van der Waals surface area contributed by atoms with Gasteiger partial charge in [0.05, 0.1) is 5.69 Å². The summed E-state index contributed by atoms with van der Waals surface area (Å²) in [6.07, 6.45) is 3.77. The highest BCUT2D eigenvalue weighted by Crippen LogP contribution is 2.30. The minimum atomic E-state index is 0.468. The molecule has 6 heteroatoms. The van der Waals surface area contributed by atoms with Gasteiger partial charge in [0.15, 0.2) is 5.65 Å². The molecule has 4 nitrogen and oxygen atoms in total. The van der Waals surface area contributed by atoms with Gasteiger partial charge in [-0.1, -0.05) is 53.0 Å². The second kappa shape index (κ2) is 9.45. The molecule has 0 fully saturated rings. The average Bonchev–Trinajstić information content (AvgIpc) is 2.73. The number of hydrogen-bond donors (Lipinski definition) is 1. The average molecular weight is 483 g/mol. The van der Waals surface area contributed by atoms with Gasteiger partial charge in [0, 0.05) is 38.5 Å². The molecule has 30 heavy (non-hydrogen) atoms. The topological polar surface area (TPSA) is 47.0 Å². The van der Waals surface area contributed by atoms with Crippen molar-refractivity contribution in [3.8, 4) is 5.75 Å². The van der Waals surface area contributed by atoms with E-state index in [2.05, 4.69) is 50.3 Å². The molecule has 0 aliphatic heterocycles. The Labute approximate surface area is 189 Å². The number of pyridine rings is 2. The monoisotopic (exact) mass is 481 g/mol. The van der Waals surface area contributed by atoms with Crippen LogP contribution in [0.1, 0.15) is 24.6 Å². The van der Waals surface area contributed by atoms with E-state index in [1.165, 1.54) is 0 Å². The molecule has 1 N–H and O–H groups in total. The van der Waals surface area contributed by atoms with E-state index in [0.717, 1.165) is 51.0 Å². The molecular formula is C24H21BrClN3O. The van der Waals surface area contributed by atoms with Crippen molar-refractivity contribution in [3.05, 3.63) is 87.6 Å². The number of nitrogens with zero attached hydrogens (tertiary/aromatic N) is 2. The highest BCUT2D eigenvalue weighted by atomic mass is 79.9. The van der Waals surface area contributed by atoms with Gasteiger partial charge >= 0.3 is 0 Å². The summed E-state index contributed by atoms with van der Waals surface area (Å²) in [5.41, 5.74) is 4.65. The lowest BCUT2D eigenvalue weighted by Gasteiger charge is -2.13. The number of nitrogens with one attached hydrogen (secondary N) is 1. The Morgan fingerprint density at radius 3 is 2.67 bits per heavy atom. The summed E-state index contributed by atoms with van der Waals surface area (Å²) < 4.78 is 7.00. The normalized spacial score (nSPS) is 10.9. The van der Waals surface area contributed by atoms with E-state index in [-0.39, 0.29) is 0 Å². The van der Waals surface area contributed by atoms with Crippen LogP contribution in [-0.4, -0.2) is 9.97 Å². The van der Waals surface area contributed by atoms with Crippen LogP contribution in [0.5, 0.6) is 5.75 Å². The highest BCUT2D eigenvalue weighted by Gasteiger charge is 2.07. The fourth-order valence-electron chi connectivity index (χ4n) is 3.19. The number of hydrogen-bond acceptors (Lipinski definition) is 4. The van der Waals surface area contributed by atoms with Crippen LogP contribution in [0.4, 0.5) is 11.4 Å². The largest absolute Gasteiger partial charge is 0.489 e. The smallest absolute Gasteiger partial charge is 0.161 e. The lowest BCUT2D eigenvalue weighted by Crippen LogP contribution is -1.98. The van der Waals surface area contributed by atoms with Gasteiger partial charge < -0.3 is 10.1 Å². The molecule has 0 aliphatic carbocycles. The fraction of sp³-hybridized carbons (Fsp3) is 0.167.